The molecule has 0 radical (unpaired) electrons. The lowest BCUT2D eigenvalue weighted by Gasteiger charge is -2.41. The Hall–Kier alpha value is -1.37. The van der Waals surface area contributed by atoms with Crippen molar-refractivity contribution in [2.75, 3.05) is 33.3 Å². The van der Waals surface area contributed by atoms with Gasteiger partial charge in [0.1, 0.15) is 12.4 Å². The van der Waals surface area contributed by atoms with Crippen LogP contribution in [0.2, 0.25) is 0 Å². The topological polar surface area (TPSA) is 66.2 Å². The van der Waals surface area contributed by atoms with Gasteiger partial charge in [-0.2, -0.15) is 0 Å². The van der Waals surface area contributed by atoms with E-state index in [1.165, 1.54) is 0 Å². The summed E-state index contributed by atoms with van der Waals surface area (Å²) in [5.74, 6) is 1.03. The molecule has 1 atom stereocenters. The van der Waals surface area contributed by atoms with Crippen LogP contribution in [-0.2, 0) is 11.3 Å². The third kappa shape index (κ3) is 3.94. The van der Waals surface area contributed by atoms with Gasteiger partial charge in [-0.1, -0.05) is 0 Å². The standard InChI is InChI=1S/C17H26N2O4/c1-22-12-15-4-5-16(23-15)17(21)18-9-6-13(7-10-18)19-8-2-3-14(20)11-19/h4-5,13-14,20H,2-3,6-12H2,1H3/t14-/m1/s1. The summed E-state index contributed by atoms with van der Waals surface area (Å²) in [6, 6.07) is 4.00. The highest BCUT2D eigenvalue weighted by Crippen LogP contribution is 2.22. The lowest BCUT2D eigenvalue weighted by atomic mass is 9.99. The van der Waals surface area contributed by atoms with Gasteiger partial charge in [0.15, 0.2) is 5.76 Å². The minimum Gasteiger partial charge on any atom is -0.453 e. The summed E-state index contributed by atoms with van der Waals surface area (Å²) >= 11 is 0. The molecule has 1 aromatic heterocycles. The molecule has 2 aliphatic rings. The number of hydrogen-bond acceptors (Lipinski definition) is 5. The molecular weight excluding hydrogens is 296 g/mol. The summed E-state index contributed by atoms with van der Waals surface area (Å²) in [5, 5.41) is 9.82. The highest BCUT2D eigenvalue weighted by atomic mass is 16.5. The largest absolute Gasteiger partial charge is 0.453 e. The van der Waals surface area contributed by atoms with Crippen LogP contribution in [0.25, 0.3) is 0 Å². The third-order valence-electron chi connectivity index (χ3n) is 4.86. The number of carbonyl (C=O) groups excluding carboxylic acids is 1. The number of methoxy groups -OCH3 is 1. The van der Waals surface area contributed by atoms with E-state index >= 15 is 0 Å². The van der Waals surface area contributed by atoms with E-state index < -0.39 is 0 Å². The number of carbonyl (C=O) groups is 1. The molecule has 3 heterocycles. The zero-order chi connectivity index (χ0) is 16.2. The average molecular weight is 322 g/mol. The van der Waals surface area contributed by atoms with E-state index in [4.69, 9.17) is 9.15 Å². The van der Waals surface area contributed by atoms with Crippen LogP contribution >= 0.6 is 0 Å². The summed E-state index contributed by atoms with van der Waals surface area (Å²) in [6.07, 6.45) is 3.71. The number of piperidine rings is 2. The van der Waals surface area contributed by atoms with Crippen molar-refractivity contribution in [3.05, 3.63) is 23.7 Å². The summed E-state index contributed by atoms with van der Waals surface area (Å²) in [5.41, 5.74) is 0. The zero-order valence-corrected chi connectivity index (χ0v) is 13.7. The Bertz CT molecular complexity index is 522. The summed E-state index contributed by atoms with van der Waals surface area (Å²) in [6.45, 7) is 3.71. The van der Waals surface area contributed by atoms with Crippen LogP contribution < -0.4 is 0 Å². The molecule has 23 heavy (non-hydrogen) atoms. The van der Waals surface area contributed by atoms with Crippen LogP contribution in [0.1, 0.15) is 42.0 Å². The van der Waals surface area contributed by atoms with E-state index in [0.29, 0.717) is 24.2 Å². The Morgan fingerprint density at radius 2 is 2.09 bits per heavy atom. The number of hydrogen-bond donors (Lipinski definition) is 1. The normalized spacial score (nSPS) is 24.1. The van der Waals surface area contributed by atoms with Crippen LogP contribution in [0.5, 0.6) is 0 Å². The van der Waals surface area contributed by atoms with Crippen molar-refractivity contribution < 1.29 is 19.1 Å². The van der Waals surface area contributed by atoms with Crippen LogP contribution in [0, 0.1) is 0 Å². The second-order valence-electron chi connectivity index (χ2n) is 6.51. The molecule has 6 nitrogen and oxygen atoms in total. The first-order chi connectivity index (χ1) is 11.2. The van der Waals surface area contributed by atoms with Crippen molar-refractivity contribution in [3.8, 4) is 0 Å². The van der Waals surface area contributed by atoms with E-state index in [1.807, 2.05) is 4.90 Å². The van der Waals surface area contributed by atoms with Gasteiger partial charge in [-0.05, 0) is 44.4 Å². The Kier molecular flexibility index (Phi) is 5.35. The van der Waals surface area contributed by atoms with E-state index in [2.05, 4.69) is 4.90 Å². The highest BCUT2D eigenvalue weighted by molar-refractivity contribution is 5.91. The van der Waals surface area contributed by atoms with Crippen molar-refractivity contribution in [3.63, 3.8) is 0 Å². The molecule has 128 valence electrons. The number of furan rings is 1. The average Bonchev–Trinajstić information content (AvgIpc) is 3.03. The maximum Gasteiger partial charge on any atom is 0.289 e. The first-order valence-corrected chi connectivity index (χ1v) is 8.46. The minimum absolute atomic E-state index is 0.0375. The molecule has 0 aromatic carbocycles. The number of rotatable bonds is 4. The number of ether oxygens (including phenoxy) is 1. The molecule has 1 N–H and O–H groups in total. The predicted octanol–water partition coefficient (Wildman–Crippen LogP) is 1.49. The lowest BCUT2D eigenvalue weighted by Crippen LogP contribution is -2.50. The summed E-state index contributed by atoms with van der Waals surface area (Å²) < 4.78 is 10.5. The Balaban J connectivity index is 1.52. The first-order valence-electron chi connectivity index (χ1n) is 8.46. The lowest BCUT2D eigenvalue weighted by molar-refractivity contribution is 0.0233. The number of aliphatic hydroxyl groups excluding tert-OH is 1. The summed E-state index contributed by atoms with van der Waals surface area (Å²) in [7, 11) is 1.60. The van der Waals surface area contributed by atoms with Crippen LogP contribution in [-0.4, -0.2) is 66.2 Å². The van der Waals surface area contributed by atoms with E-state index in [-0.39, 0.29) is 12.0 Å². The highest BCUT2D eigenvalue weighted by Gasteiger charge is 2.30. The molecule has 2 saturated heterocycles. The van der Waals surface area contributed by atoms with Gasteiger partial charge in [0.05, 0.1) is 6.10 Å². The molecule has 6 heteroatoms. The number of nitrogens with zero attached hydrogens (tertiary/aromatic N) is 2. The van der Waals surface area contributed by atoms with E-state index in [9.17, 15) is 9.90 Å². The second kappa shape index (κ2) is 7.47. The fourth-order valence-electron chi connectivity index (χ4n) is 3.62. The molecule has 0 bridgehead atoms. The number of likely N-dealkylation sites (tertiary alicyclic amines) is 2. The van der Waals surface area contributed by atoms with Crippen LogP contribution in [0.3, 0.4) is 0 Å². The predicted molar refractivity (Wildman–Crippen MR) is 85.2 cm³/mol. The fraction of sp³-hybridized carbons (Fsp3) is 0.706. The summed E-state index contributed by atoms with van der Waals surface area (Å²) in [4.78, 5) is 16.7. The molecular formula is C17H26N2O4. The number of amides is 1. The Labute approximate surface area is 137 Å². The molecule has 2 aliphatic heterocycles. The van der Waals surface area contributed by atoms with Gasteiger partial charge in [-0.3, -0.25) is 9.69 Å². The van der Waals surface area contributed by atoms with Crippen molar-refractivity contribution >= 4 is 5.91 Å². The van der Waals surface area contributed by atoms with Gasteiger partial charge < -0.3 is 19.2 Å². The second-order valence-corrected chi connectivity index (χ2v) is 6.51. The van der Waals surface area contributed by atoms with Gasteiger partial charge in [0, 0.05) is 32.8 Å². The Morgan fingerprint density at radius 3 is 2.78 bits per heavy atom. The zero-order valence-electron chi connectivity index (χ0n) is 13.7. The maximum atomic E-state index is 12.5. The van der Waals surface area contributed by atoms with Gasteiger partial charge in [0.2, 0.25) is 0 Å². The molecule has 2 fully saturated rings. The van der Waals surface area contributed by atoms with E-state index in [1.54, 1.807) is 19.2 Å². The van der Waals surface area contributed by atoms with Crippen LogP contribution in [0.4, 0.5) is 0 Å². The minimum atomic E-state index is -0.189. The molecule has 3 rings (SSSR count). The molecule has 1 amide bonds. The molecule has 0 unspecified atom stereocenters. The van der Waals surface area contributed by atoms with Gasteiger partial charge in [-0.15, -0.1) is 0 Å². The van der Waals surface area contributed by atoms with Gasteiger partial charge in [-0.25, -0.2) is 0 Å². The molecule has 1 aromatic rings. The van der Waals surface area contributed by atoms with Crippen molar-refractivity contribution in [2.24, 2.45) is 0 Å². The van der Waals surface area contributed by atoms with Crippen molar-refractivity contribution in [1.82, 2.24) is 9.80 Å². The molecule has 0 aliphatic carbocycles. The Morgan fingerprint density at radius 1 is 1.30 bits per heavy atom. The molecule has 0 spiro atoms. The van der Waals surface area contributed by atoms with E-state index in [0.717, 1.165) is 51.9 Å². The third-order valence-corrected chi connectivity index (χ3v) is 4.86. The van der Waals surface area contributed by atoms with Crippen molar-refractivity contribution in [1.29, 1.82) is 0 Å². The monoisotopic (exact) mass is 322 g/mol. The maximum absolute atomic E-state index is 12.5. The quantitative estimate of drug-likeness (QED) is 0.910. The number of aliphatic hydroxyl groups is 1. The fourth-order valence-corrected chi connectivity index (χ4v) is 3.62. The SMILES string of the molecule is COCc1ccc(C(=O)N2CCC(N3CCC[C@@H](O)C3)CC2)o1. The van der Waals surface area contributed by atoms with Gasteiger partial charge >= 0.3 is 0 Å². The first kappa shape index (κ1) is 16.5. The number of β-amino-alcohol motifs (C(OH)–C–C–N with tert-alkyl or cyclic N) is 1. The smallest absolute Gasteiger partial charge is 0.289 e. The van der Waals surface area contributed by atoms with Crippen molar-refractivity contribution in [2.45, 2.75) is 44.4 Å². The van der Waals surface area contributed by atoms with Gasteiger partial charge in [0.25, 0.3) is 5.91 Å². The molecule has 0 saturated carbocycles. The van der Waals surface area contributed by atoms with Crippen LogP contribution in [0.15, 0.2) is 16.5 Å².